The number of fused-ring (bicyclic) bond motifs is 1. The van der Waals surface area contributed by atoms with E-state index in [2.05, 4.69) is 5.32 Å². The average molecular weight is 366 g/mol. The molecule has 26 heavy (non-hydrogen) atoms. The summed E-state index contributed by atoms with van der Waals surface area (Å²) < 4.78 is 38.1. The fourth-order valence-electron chi connectivity index (χ4n) is 3.30. The topological polar surface area (TPSA) is 66.5 Å². The lowest BCUT2D eigenvalue weighted by atomic mass is 9.85. The monoisotopic (exact) mass is 366 g/mol. The highest BCUT2D eigenvalue weighted by Crippen LogP contribution is 2.35. The molecule has 0 spiro atoms. The van der Waals surface area contributed by atoms with E-state index in [-0.39, 0.29) is 42.3 Å². The number of nitrogens with one attached hydrogen (secondary N) is 1. The van der Waals surface area contributed by atoms with Gasteiger partial charge in [-0.15, -0.1) is 0 Å². The summed E-state index contributed by atoms with van der Waals surface area (Å²) in [6.07, 6.45) is 0.108. The summed E-state index contributed by atoms with van der Waals surface area (Å²) in [6, 6.07) is 4.29. The molecule has 1 aromatic rings. The second-order valence-corrected chi connectivity index (χ2v) is 6.36. The molecule has 0 radical (unpaired) electrons. The van der Waals surface area contributed by atoms with Crippen LogP contribution in [-0.4, -0.2) is 29.2 Å². The molecule has 1 aliphatic heterocycles. The number of anilines is 1. The number of benzene rings is 1. The fourth-order valence-corrected chi connectivity index (χ4v) is 3.30. The van der Waals surface area contributed by atoms with Crippen LogP contribution in [0.15, 0.2) is 36.4 Å². The molecule has 1 heterocycles. The molecule has 2 aliphatic rings. The number of carbonyl (C=O) groups is 3. The van der Waals surface area contributed by atoms with Crippen LogP contribution in [0.3, 0.4) is 0 Å². The number of alkyl halides is 3. The van der Waals surface area contributed by atoms with Gasteiger partial charge in [0.2, 0.25) is 17.7 Å². The van der Waals surface area contributed by atoms with Crippen LogP contribution in [0.2, 0.25) is 0 Å². The first-order valence-corrected chi connectivity index (χ1v) is 8.24. The van der Waals surface area contributed by atoms with Gasteiger partial charge in [0.05, 0.1) is 17.4 Å². The van der Waals surface area contributed by atoms with Crippen molar-refractivity contribution in [3.05, 3.63) is 42.0 Å². The zero-order valence-electron chi connectivity index (χ0n) is 13.8. The molecular formula is C18H17F3N2O3. The molecule has 1 aliphatic carbocycles. The minimum atomic E-state index is -4.50. The first kappa shape index (κ1) is 18.2. The molecule has 0 unspecified atom stereocenters. The van der Waals surface area contributed by atoms with Crippen molar-refractivity contribution >= 4 is 23.4 Å². The number of likely N-dealkylation sites (tertiary alicyclic amines) is 1. The van der Waals surface area contributed by atoms with Crippen LogP contribution >= 0.6 is 0 Å². The van der Waals surface area contributed by atoms with E-state index in [0.717, 1.165) is 17.0 Å². The number of nitrogens with zero attached hydrogens (tertiary/aromatic N) is 1. The number of hydrogen-bond acceptors (Lipinski definition) is 3. The van der Waals surface area contributed by atoms with Crippen molar-refractivity contribution in [1.82, 2.24) is 4.90 Å². The first-order chi connectivity index (χ1) is 12.3. The summed E-state index contributed by atoms with van der Waals surface area (Å²) in [4.78, 5) is 37.7. The number of halogens is 3. The van der Waals surface area contributed by atoms with Crippen LogP contribution in [-0.2, 0) is 20.6 Å². The number of carbonyl (C=O) groups excluding carboxylic acids is 3. The average Bonchev–Trinajstić information content (AvgIpc) is 2.84. The van der Waals surface area contributed by atoms with E-state index in [1.807, 2.05) is 12.2 Å². The van der Waals surface area contributed by atoms with Crippen LogP contribution in [0.1, 0.15) is 24.8 Å². The van der Waals surface area contributed by atoms with E-state index in [4.69, 9.17) is 0 Å². The molecule has 0 aromatic heterocycles. The van der Waals surface area contributed by atoms with Gasteiger partial charge in [-0.2, -0.15) is 13.2 Å². The van der Waals surface area contributed by atoms with Crippen LogP contribution < -0.4 is 5.32 Å². The second kappa shape index (κ2) is 6.93. The summed E-state index contributed by atoms with van der Waals surface area (Å²) in [5.41, 5.74) is -0.849. The Morgan fingerprint density at radius 1 is 1.12 bits per heavy atom. The normalized spacial score (nSPS) is 22.5. The molecule has 5 nitrogen and oxygen atoms in total. The molecule has 1 fully saturated rings. The van der Waals surface area contributed by atoms with Gasteiger partial charge in [0.25, 0.3) is 0 Å². The number of allylic oxidation sites excluding steroid dienone is 2. The van der Waals surface area contributed by atoms with Crippen molar-refractivity contribution in [2.24, 2.45) is 11.8 Å². The molecule has 0 bridgehead atoms. The van der Waals surface area contributed by atoms with Crippen molar-refractivity contribution < 1.29 is 27.6 Å². The smallest absolute Gasteiger partial charge is 0.326 e. The Kier molecular flexibility index (Phi) is 4.84. The summed E-state index contributed by atoms with van der Waals surface area (Å²) in [7, 11) is 0. The molecule has 3 amide bonds. The molecule has 1 N–H and O–H groups in total. The predicted octanol–water partition coefficient (Wildman–Crippen LogP) is 2.99. The van der Waals surface area contributed by atoms with Gasteiger partial charge in [-0.25, -0.2) is 0 Å². The zero-order valence-corrected chi connectivity index (χ0v) is 13.8. The maximum atomic E-state index is 12.7. The van der Waals surface area contributed by atoms with Gasteiger partial charge in [0, 0.05) is 18.7 Å². The highest BCUT2D eigenvalue weighted by Gasteiger charge is 2.46. The molecule has 1 aromatic carbocycles. The van der Waals surface area contributed by atoms with Gasteiger partial charge in [-0.1, -0.05) is 18.2 Å². The minimum absolute atomic E-state index is 0.0155. The Bertz CT molecular complexity index is 747. The number of hydrogen-bond donors (Lipinski definition) is 1. The molecule has 0 saturated carbocycles. The van der Waals surface area contributed by atoms with Crippen LogP contribution in [0.5, 0.6) is 0 Å². The Morgan fingerprint density at radius 2 is 1.73 bits per heavy atom. The third kappa shape index (κ3) is 3.63. The van der Waals surface area contributed by atoms with E-state index < -0.39 is 17.6 Å². The Morgan fingerprint density at radius 3 is 2.31 bits per heavy atom. The zero-order chi connectivity index (χ0) is 18.9. The number of rotatable bonds is 4. The van der Waals surface area contributed by atoms with Crippen molar-refractivity contribution in [1.29, 1.82) is 0 Å². The Hall–Kier alpha value is -2.64. The maximum Gasteiger partial charge on any atom is 0.416 e. The van der Waals surface area contributed by atoms with Gasteiger partial charge >= 0.3 is 6.18 Å². The van der Waals surface area contributed by atoms with Gasteiger partial charge in [0.15, 0.2) is 0 Å². The lowest BCUT2D eigenvalue weighted by molar-refractivity contribution is -0.140. The van der Waals surface area contributed by atoms with Gasteiger partial charge in [-0.3, -0.25) is 19.3 Å². The van der Waals surface area contributed by atoms with Gasteiger partial charge < -0.3 is 5.32 Å². The summed E-state index contributed by atoms with van der Waals surface area (Å²) in [5, 5.41) is 2.37. The largest absolute Gasteiger partial charge is 0.416 e. The van der Waals surface area contributed by atoms with Crippen molar-refractivity contribution in [3.8, 4) is 0 Å². The van der Waals surface area contributed by atoms with Gasteiger partial charge in [-0.05, 0) is 31.0 Å². The molecule has 8 heteroatoms. The summed E-state index contributed by atoms with van der Waals surface area (Å²) in [5.74, 6) is -1.84. The highest BCUT2D eigenvalue weighted by atomic mass is 19.4. The van der Waals surface area contributed by atoms with Crippen LogP contribution in [0.4, 0.5) is 18.9 Å². The second-order valence-electron chi connectivity index (χ2n) is 6.36. The lowest BCUT2D eigenvalue weighted by Gasteiger charge is -2.15. The lowest BCUT2D eigenvalue weighted by Crippen LogP contribution is -2.34. The number of imide groups is 1. The number of amides is 3. The van der Waals surface area contributed by atoms with Crippen LogP contribution in [0.25, 0.3) is 0 Å². The molecule has 2 atom stereocenters. The van der Waals surface area contributed by atoms with Gasteiger partial charge in [0.1, 0.15) is 0 Å². The van der Waals surface area contributed by atoms with E-state index in [1.165, 1.54) is 12.1 Å². The minimum Gasteiger partial charge on any atom is -0.326 e. The van der Waals surface area contributed by atoms with Crippen molar-refractivity contribution in [2.75, 3.05) is 11.9 Å². The van der Waals surface area contributed by atoms with E-state index >= 15 is 0 Å². The van der Waals surface area contributed by atoms with E-state index in [0.29, 0.717) is 12.8 Å². The highest BCUT2D eigenvalue weighted by molar-refractivity contribution is 6.05. The Balaban J connectivity index is 1.58. The van der Waals surface area contributed by atoms with Crippen molar-refractivity contribution in [2.45, 2.75) is 25.4 Å². The van der Waals surface area contributed by atoms with Crippen LogP contribution in [0, 0.1) is 11.8 Å². The SMILES string of the molecule is O=C(CCN1C(=O)[C@@H]2CC=CC[C@H]2C1=O)Nc1cccc(C(F)(F)F)c1. The molecule has 138 valence electrons. The molecular weight excluding hydrogens is 349 g/mol. The first-order valence-electron chi connectivity index (χ1n) is 8.24. The predicted molar refractivity (Wildman–Crippen MR) is 86.8 cm³/mol. The Labute approximate surface area is 147 Å². The van der Waals surface area contributed by atoms with Crippen molar-refractivity contribution in [3.63, 3.8) is 0 Å². The van der Waals surface area contributed by atoms with E-state index in [1.54, 1.807) is 0 Å². The quantitative estimate of drug-likeness (QED) is 0.658. The standard InChI is InChI=1S/C18H17F3N2O3/c19-18(20,21)11-4-3-5-12(10-11)22-15(24)8-9-23-16(25)13-6-1-2-7-14(13)17(23)26/h1-5,10,13-14H,6-9H2,(H,22,24)/t13-,14-/m1/s1. The fraction of sp³-hybridized carbons (Fsp3) is 0.389. The third-order valence-corrected chi connectivity index (χ3v) is 4.63. The maximum absolute atomic E-state index is 12.7. The third-order valence-electron chi connectivity index (χ3n) is 4.63. The summed E-state index contributed by atoms with van der Waals surface area (Å²) >= 11 is 0. The van der Waals surface area contributed by atoms with E-state index in [9.17, 15) is 27.6 Å². The molecule has 1 saturated heterocycles. The molecule has 3 rings (SSSR count). The summed E-state index contributed by atoms with van der Waals surface area (Å²) in [6.45, 7) is -0.0739.